The summed E-state index contributed by atoms with van der Waals surface area (Å²) in [5.74, 6) is 0.677. The Bertz CT molecular complexity index is 1140. The Kier molecular flexibility index (Phi) is 6.66. The van der Waals surface area contributed by atoms with Gasteiger partial charge in [0.2, 0.25) is 5.91 Å². The summed E-state index contributed by atoms with van der Waals surface area (Å²) in [6.07, 6.45) is 1.89. The number of hydrogen-bond donors (Lipinski definition) is 0. The zero-order valence-corrected chi connectivity index (χ0v) is 18.8. The molecule has 5 heteroatoms. The molecule has 5 nitrogen and oxygen atoms in total. The highest BCUT2D eigenvalue weighted by atomic mass is 16.5. The maximum atomic E-state index is 12.7. The van der Waals surface area contributed by atoms with Crippen LogP contribution in [0.1, 0.15) is 23.1 Å². The van der Waals surface area contributed by atoms with Gasteiger partial charge in [-0.15, -0.1) is 0 Å². The van der Waals surface area contributed by atoms with Crippen molar-refractivity contribution in [2.75, 3.05) is 39.3 Å². The van der Waals surface area contributed by atoms with Gasteiger partial charge in [-0.3, -0.25) is 9.79 Å². The number of aryl methyl sites for hydroxylation is 1. The molecular weight excluding hydrogens is 400 g/mol. The van der Waals surface area contributed by atoms with Crippen LogP contribution in [-0.2, 0) is 16.0 Å². The number of rotatable bonds is 7. The molecule has 0 fully saturated rings. The Morgan fingerprint density at radius 1 is 0.938 bits per heavy atom. The van der Waals surface area contributed by atoms with Gasteiger partial charge in [-0.1, -0.05) is 48.5 Å². The van der Waals surface area contributed by atoms with E-state index in [1.807, 2.05) is 24.3 Å². The molecule has 0 unspecified atom stereocenters. The van der Waals surface area contributed by atoms with Crippen molar-refractivity contribution in [2.24, 2.45) is 4.99 Å². The van der Waals surface area contributed by atoms with E-state index in [0.717, 1.165) is 58.9 Å². The van der Waals surface area contributed by atoms with E-state index >= 15 is 0 Å². The largest absolute Gasteiger partial charge is 0.496 e. The topological polar surface area (TPSA) is 51.1 Å². The molecule has 4 rings (SSSR count). The third kappa shape index (κ3) is 4.43. The predicted molar refractivity (Wildman–Crippen MR) is 129 cm³/mol. The van der Waals surface area contributed by atoms with Crippen LogP contribution >= 0.6 is 0 Å². The van der Waals surface area contributed by atoms with Crippen molar-refractivity contribution in [3.63, 3.8) is 0 Å². The molecule has 0 bridgehead atoms. The zero-order chi connectivity index (χ0) is 22.5. The molecule has 0 aromatic heterocycles. The molecule has 0 saturated carbocycles. The molecule has 3 aromatic rings. The van der Waals surface area contributed by atoms with Crippen LogP contribution in [0, 0.1) is 0 Å². The van der Waals surface area contributed by atoms with E-state index in [2.05, 4.69) is 42.5 Å². The van der Waals surface area contributed by atoms with Gasteiger partial charge in [0.1, 0.15) is 12.3 Å². The van der Waals surface area contributed by atoms with Gasteiger partial charge >= 0.3 is 0 Å². The van der Waals surface area contributed by atoms with E-state index in [1.165, 1.54) is 5.56 Å². The number of aliphatic imine (C=N–C) groups is 1. The molecule has 0 radical (unpaired) electrons. The number of fused-ring (bicyclic) bond motifs is 1. The fourth-order valence-corrected chi connectivity index (χ4v) is 4.06. The van der Waals surface area contributed by atoms with Crippen LogP contribution in [0.3, 0.4) is 0 Å². The highest BCUT2D eigenvalue weighted by Crippen LogP contribution is 2.38. The van der Waals surface area contributed by atoms with E-state index in [9.17, 15) is 4.79 Å². The van der Waals surface area contributed by atoms with Gasteiger partial charge in [-0.25, -0.2) is 0 Å². The Morgan fingerprint density at radius 3 is 2.47 bits per heavy atom. The van der Waals surface area contributed by atoms with Gasteiger partial charge < -0.3 is 14.4 Å². The first kappa shape index (κ1) is 21.8. The van der Waals surface area contributed by atoms with Gasteiger partial charge in [-0.05, 0) is 36.1 Å². The first-order chi connectivity index (χ1) is 15.6. The van der Waals surface area contributed by atoms with Crippen molar-refractivity contribution < 1.29 is 14.3 Å². The lowest BCUT2D eigenvalue weighted by Crippen LogP contribution is -2.27. The molecule has 0 N–H and O–H groups in total. The molecule has 0 aliphatic carbocycles. The molecule has 0 atom stereocenters. The first-order valence-corrected chi connectivity index (χ1v) is 10.8. The lowest BCUT2D eigenvalue weighted by molar-refractivity contribution is -0.116. The van der Waals surface area contributed by atoms with Crippen LogP contribution in [0.25, 0.3) is 11.1 Å². The summed E-state index contributed by atoms with van der Waals surface area (Å²) < 4.78 is 10.9. The van der Waals surface area contributed by atoms with Crippen LogP contribution in [0.4, 0.5) is 5.69 Å². The Balaban J connectivity index is 1.85. The number of hydrogen-bond acceptors (Lipinski definition) is 4. The van der Waals surface area contributed by atoms with Crippen LogP contribution in [0.2, 0.25) is 0 Å². The zero-order valence-electron chi connectivity index (χ0n) is 18.8. The van der Waals surface area contributed by atoms with Crippen molar-refractivity contribution in [3.05, 3.63) is 83.4 Å². The first-order valence-electron chi connectivity index (χ1n) is 10.8. The maximum Gasteiger partial charge on any atom is 0.248 e. The van der Waals surface area contributed by atoms with Crippen LogP contribution in [0.15, 0.2) is 71.7 Å². The van der Waals surface area contributed by atoms with E-state index in [0.29, 0.717) is 0 Å². The second-order valence-corrected chi connectivity index (χ2v) is 7.85. The summed E-state index contributed by atoms with van der Waals surface area (Å²) in [6.45, 7) is 0.838. The number of nitrogens with zero attached hydrogens (tertiary/aromatic N) is 2. The average molecular weight is 429 g/mol. The third-order valence-electron chi connectivity index (χ3n) is 5.78. The van der Waals surface area contributed by atoms with Gasteiger partial charge in [0.05, 0.1) is 18.5 Å². The maximum absolute atomic E-state index is 12.7. The summed E-state index contributed by atoms with van der Waals surface area (Å²) in [7, 11) is 5.17. The number of ether oxygens (including phenoxy) is 2. The second kappa shape index (κ2) is 9.79. The predicted octanol–water partition coefficient (Wildman–Crippen LogP) is 4.76. The fourth-order valence-electron chi connectivity index (χ4n) is 4.06. The number of carbonyl (C=O) groups is 1. The number of methoxy groups -OCH3 is 2. The number of amides is 1. The molecular formula is C27H28N2O3. The smallest absolute Gasteiger partial charge is 0.248 e. The molecule has 0 saturated heterocycles. The van der Waals surface area contributed by atoms with Crippen LogP contribution < -0.4 is 9.64 Å². The Morgan fingerprint density at radius 2 is 1.72 bits per heavy atom. The number of anilines is 1. The van der Waals surface area contributed by atoms with Crippen LogP contribution in [0.5, 0.6) is 5.75 Å². The van der Waals surface area contributed by atoms with E-state index in [1.54, 1.807) is 26.2 Å². The summed E-state index contributed by atoms with van der Waals surface area (Å²) >= 11 is 0. The fraction of sp³-hybridized carbons (Fsp3) is 0.259. The standard InChI is InChI=1S/C27H28N2O3/c1-29-24-17-25(32-3)22(20-11-5-4-6-12-20)16-23(24)27(28-18-26(29)30)21-13-7-9-19(15-21)10-8-14-31-2/h4-7,9,11-13,15-17H,8,10,14,18H2,1-3H3. The number of benzodiazepines with no additional fused rings is 1. The molecule has 1 heterocycles. The minimum atomic E-state index is -0.0491. The normalized spacial score (nSPS) is 13.4. The van der Waals surface area contributed by atoms with Crippen molar-refractivity contribution in [1.29, 1.82) is 0 Å². The van der Waals surface area contributed by atoms with Gasteiger partial charge in [0.15, 0.2) is 0 Å². The lowest BCUT2D eigenvalue weighted by Gasteiger charge is -2.21. The minimum Gasteiger partial charge on any atom is -0.496 e. The summed E-state index contributed by atoms with van der Waals surface area (Å²) in [5, 5.41) is 0. The number of carbonyl (C=O) groups excluding carboxylic acids is 1. The summed E-state index contributed by atoms with van der Waals surface area (Å²) in [5.41, 5.74) is 6.81. The van der Waals surface area contributed by atoms with Crippen molar-refractivity contribution >= 4 is 17.3 Å². The van der Waals surface area contributed by atoms with Gasteiger partial charge in [0.25, 0.3) is 0 Å². The molecule has 3 aromatic carbocycles. The number of benzene rings is 3. The van der Waals surface area contributed by atoms with E-state index in [-0.39, 0.29) is 12.5 Å². The summed E-state index contributed by atoms with van der Waals surface area (Å²) in [6, 6.07) is 22.6. The molecule has 1 aliphatic rings. The molecule has 164 valence electrons. The third-order valence-corrected chi connectivity index (χ3v) is 5.78. The average Bonchev–Trinajstić information content (AvgIpc) is 2.95. The van der Waals surface area contributed by atoms with E-state index < -0.39 is 0 Å². The molecule has 0 spiro atoms. The highest BCUT2D eigenvalue weighted by Gasteiger charge is 2.25. The molecule has 32 heavy (non-hydrogen) atoms. The monoisotopic (exact) mass is 428 g/mol. The molecule has 1 amide bonds. The minimum absolute atomic E-state index is 0.0491. The van der Waals surface area contributed by atoms with Gasteiger partial charge in [-0.2, -0.15) is 0 Å². The SMILES string of the molecule is COCCCc1cccc(C2=NCC(=O)N(C)c3cc(OC)c(-c4ccccc4)cc32)c1. The summed E-state index contributed by atoms with van der Waals surface area (Å²) in [4.78, 5) is 19.1. The molecule has 1 aliphatic heterocycles. The van der Waals surface area contributed by atoms with Crippen molar-refractivity contribution in [1.82, 2.24) is 0 Å². The van der Waals surface area contributed by atoms with Crippen LogP contribution in [-0.4, -0.2) is 46.0 Å². The van der Waals surface area contributed by atoms with Crippen molar-refractivity contribution in [3.8, 4) is 16.9 Å². The van der Waals surface area contributed by atoms with E-state index in [4.69, 9.17) is 14.5 Å². The Hall–Kier alpha value is -3.44. The highest BCUT2D eigenvalue weighted by molar-refractivity contribution is 6.20. The lowest BCUT2D eigenvalue weighted by atomic mass is 9.93. The number of likely N-dealkylation sites (N-methyl/N-ethyl adjacent to an activating group) is 1. The quantitative estimate of drug-likeness (QED) is 0.510. The second-order valence-electron chi connectivity index (χ2n) is 7.85. The van der Waals surface area contributed by atoms with Crippen molar-refractivity contribution in [2.45, 2.75) is 12.8 Å². The van der Waals surface area contributed by atoms with Gasteiger partial charge in [0, 0.05) is 43.5 Å². The Labute approximate surface area is 189 Å².